The molecular weight excluding hydrogens is 204 g/mol. The number of piperidine rings is 1. The van der Waals surface area contributed by atoms with Crippen molar-refractivity contribution in [2.75, 3.05) is 0 Å². The number of carbonyl (C=O) groups is 1. The lowest BCUT2D eigenvalue weighted by atomic mass is 9.94. The van der Waals surface area contributed by atoms with Gasteiger partial charge in [0.15, 0.2) is 0 Å². The fourth-order valence-electron chi connectivity index (χ4n) is 2.53. The van der Waals surface area contributed by atoms with Crippen LogP contribution in [0.15, 0.2) is 22.8 Å². The highest BCUT2D eigenvalue weighted by Gasteiger charge is 2.44. The first-order valence-corrected chi connectivity index (χ1v) is 5.87. The average Bonchev–Trinajstić information content (AvgIpc) is 2.97. The molecule has 1 aliphatic carbocycles. The van der Waals surface area contributed by atoms with Gasteiger partial charge in [0, 0.05) is 18.5 Å². The summed E-state index contributed by atoms with van der Waals surface area (Å²) in [5, 5.41) is 0. The maximum absolute atomic E-state index is 12.0. The van der Waals surface area contributed by atoms with Crippen LogP contribution in [0.1, 0.15) is 37.5 Å². The van der Waals surface area contributed by atoms with E-state index in [9.17, 15) is 4.79 Å². The second kappa shape index (κ2) is 3.63. The highest BCUT2D eigenvalue weighted by atomic mass is 16.3. The number of nitrogens with zero attached hydrogens (tertiary/aromatic N) is 1. The summed E-state index contributed by atoms with van der Waals surface area (Å²) in [7, 11) is 0. The first-order chi connectivity index (χ1) is 7.77. The predicted octanol–water partition coefficient (Wildman–Crippen LogP) is 1.43. The molecule has 16 heavy (non-hydrogen) atoms. The lowest BCUT2D eigenvalue weighted by Crippen LogP contribution is -2.49. The number of amides is 1. The number of nitrogens with two attached hydrogens (primary N) is 1. The number of hydrogen-bond donors (Lipinski definition) is 1. The van der Waals surface area contributed by atoms with E-state index in [0.29, 0.717) is 12.5 Å². The molecule has 2 heterocycles. The van der Waals surface area contributed by atoms with E-state index in [-0.39, 0.29) is 18.0 Å². The third kappa shape index (κ3) is 1.53. The monoisotopic (exact) mass is 220 g/mol. The van der Waals surface area contributed by atoms with Crippen molar-refractivity contribution in [3.63, 3.8) is 0 Å². The fraction of sp³-hybridized carbons (Fsp3) is 0.583. The van der Waals surface area contributed by atoms with Gasteiger partial charge in [-0.25, -0.2) is 0 Å². The van der Waals surface area contributed by atoms with E-state index in [4.69, 9.17) is 10.2 Å². The van der Waals surface area contributed by atoms with E-state index in [0.717, 1.165) is 25.0 Å². The van der Waals surface area contributed by atoms with Crippen LogP contribution in [-0.2, 0) is 4.79 Å². The molecule has 0 bridgehead atoms. The van der Waals surface area contributed by atoms with Gasteiger partial charge in [-0.1, -0.05) is 0 Å². The first-order valence-electron chi connectivity index (χ1n) is 5.87. The molecule has 0 aromatic carbocycles. The van der Waals surface area contributed by atoms with Gasteiger partial charge in [-0.2, -0.15) is 0 Å². The molecule has 1 amide bonds. The zero-order valence-electron chi connectivity index (χ0n) is 9.13. The molecular formula is C12H16N2O2. The Morgan fingerprint density at radius 2 is 2.19 bits per heavy atom. The Labute approximate surface area is 94.4 Å². The number of furan rings is 1. The summed E-state index contributed by atoms with van der Waals surface area (Å²) < 4.78 is 5.43. The van der Waals surface area contributed by atoms with Crippen molar-refractivity contribution in [2.45, 2.75) is 43.8 Å². The smallest absolute Gasteiger partial charge is 0.223 e. The molecule has 1 saturated heterocycles. The summed E-state index contributed by atoms with van der Waals surface area (Å²) in [5.41, 5.74) is 6.13. The van der Waals surface area contributed by atoms with Gasteiger partial charge in [-0.3, -0.25) is 4.79 Å². The Balaban J connectivity index is 1.93. The normalized spacial score (nSPS) is 30.8. The van der Waals surface area contributed by atoms with Crippen LogP contribution in [0, 0.1) is 0 Å². The maximum Gasteiger partial charge on any atom is 0.223 e. The summed E-state index contributed by atoms with van der Waals surface area (Å²) in [5.74, 6) is 1.05. The van der Waals surface area contributed by atoms with Gasteiger partial charge in [0.2, 0.25) is 5.91 Å². The highest BCUT2D eigenvalue weighted by Crippen LogP contribution is 2.39. The van der Waals surface area contributed by atoms with Gasteiger partial charge >= 0.3 is 0 Å². The van der Waals surface area contributed by atoms with E-state index in [1.54, 1.807) is 6.26 Å². The SMILES string of the molecule is NC1CCC(=O)N(C2CC2)C1c1ccco1. The number of carbonyl (C=O) groups excluding carboxylic acids is 1. The van der Waals surface area contributed by atoms with Crippen molar-refractivity contribution in [3.8, 4) is 0 Å². The van der Waals surface area contributed by atoms with Crippen LogP contribution in [0.25, 0.3) is 0 Å². The fourth-order valence-corrected chi connectivity index (χ4v) is 2.53. The van der Waals surface area contributed by atoms with Crippen LogP contribution in [0.4, 0.5) is 0 Å². The molecule has 1 saturated carbocycles. The van der Waals surface area contributed by atoms with Gasteiger partial charge in [-0.05, 0) is 31.4 Å². The number of rotatable bonds is 2. The Morgan fingerprint density at radius 3 is 2.81 bits per heavy atom. The van der Waals surface area contributed by atoms with Crippen molar-refractivity contribution in [1.82, 2.24) is 4.90 Å². The molecule has 2 unspecified atom stereocenters. The van der Waals surface area contributed by atoms with E-state index in [2.05, 4.69) is 0 Å². The number of likely N-dealkylation sites (tertiary alicyclic amines) is 1. The van der Waals surface area contributed by atoms with Gasteiger partial charge in [0.25, 0.3) is 0 Å². The van der Waals surface area contributed by atoms with E-state index in [1.165, 1.54) is 0 Å². The molecule has 2 fully saturated rings. The van der Waals surface area contributed by atoms with E-state index in [1.807, 2.05) is 17.0 Å². The van der Waals surface area contributed by atoms with Crippen LogP contribution in [-0.4, -0.2) is 22.9 Å². The minimum Gasteiger partial charge on any atom is -0.467 e. The molecule has 2 atom stereocenters. The minimum absolute atomic E-state index is 0.00412. The van der Waals surface area contributed by atoms with Gasteiger partial charge in [0.05, 0.1) is 6.26 Å². The lowest BCUT2D eigenvalue weighted by Gasteiger charge is -2.38. The topological polar surface area (TPSA) is 59.5 Å². The summed E-state index contributed by atoms with van der Waals surface area (Å²) in [4.78, 5) is 13.9. The molecule has 4 nitrogen and oxygen atoms in total. The summed E-state index contributed by atoms with van der Waals surface area (Å²) in [6.45, 7) is 0. The molecule has 2 aliphatic rings. The highest BCUT2D eigenvalue weighted by molar-refractivity contribution is 5.78. The quantitative estimate of drug-likeness (QED) is 0.820. The second-order valence-corrected chi connectivity index (χ2v) is 4.69. The molecule has 1 aromatic rings. The Bertz CT molecular complexity index is 384. The van der Waals surface area contributed by atoms with Crippen molar-refractivity contribution in [2.24, 2.45) is 5.73 Å². The second-order valence-electron chi connectivity index (χ2n) is 4.69. The molecule has 4 heteroatoms. The van der Waals surface area contributed by atoms with Crippen molar-refractivity contribution in [3.05, 3.63) is 24.2 Å². The summed E-state index contributed by atoms with van der Waals surface area (Å²) in [6, 6.07) is 4.12. The molecule has 1 aliphatic heterocycles. The molecule has 86 valence electrons. The maximum atomic E-state index is 12.0. The zero-order chi connectivity index (χ0) is 11.1. The lowest BCUT2D eigenvalue weighted by molar-refractivity contribution is -0.138. The summed E-state index contributed by atoms with van der Waals surface area (Å²) in [6.07, 6.45) is 5.19. The van der Waals surface area contributed by atoms with Crippen LogP contribution in [0.5, 0.6) is 0 Å². The number of hydrogen-bond acceptors (Lipinski definition) is 3. The third-order valence-electron chi connectivity index (χ3n) is 3.46. The van der Waals surface area contributed by atoms with Gasteiger partial charge < -0.3 is 15.1 Å². The van der Waals surface area contributed by atoms with E-state index >= 15 is 0 Å². The van der Waals surface area contributed by atoms with Crippen LogP contribution >= 0.6 is 0 Å². The standard InChI is InChI=1S/C12H16N2O2/c13-9-5-6-11(15)14(8-3-4-8)12(9)10-2-1-7-16-10/h1-2,7-9,12H,3-6,13H2. The largest absolute Gasteiger partial charge is 0.467 e. The zero-order valence-corrected chi connectivity index (χ0v) is 9.13. The molecule has 0 radical (unpaired) electrons. The third-order valence-corrected chi connectivity index (χ3v) is 3.46. The molecule has 3 rings (SSSR count). The Kier molecular flexibility index (Phi) is 2.24. The Morgan fingerprint density at radius 1 is 1.38 bits per heavy atom. The van der Waals surface area contributed by atoms with Gasteiger partial charge in [0.1, 0.15) is 11.8 Å². The van der Waals surface area contributed by atoms with Crippen LogP contribution in [0.2, 0.25) is 0 Å². The van der Waals surface area contributed by atoms with Crippen molar-refractivity contribution < 1.29 is 9.21 Å². The van der Waals surface area contributed by atoms with E-state index < -0.39 is 0 Å². The van der Waals surface area contributed by atoms with Gasteiger partial charge in [-0.15, -0.1) is 0 Å². The predicted molar refractivity (Wildman–Crippen MR) is 58.5 cm³/mol. The summed E-state index contributed by atoms with van der Waals surface area (Å²) >= 11 is 0. The first kappa shape index (κ1) is 9.90. The Hall–Kier alpha value is -1.29. The van der Waals surface area contributed by atoms with Crippen LogP contribution < -0.4 is 5.73 Å². The minimum atomic E-state index is -0.0521. The molecule has 0 spiro atoms. The molecule has 1 aromatic heterocycles. The van der Waals surface area contributed by atoms with Crippen LogP contribution in [0.3, 0.4) is 0 Å². The van der Waals surface area contributed by atoms with Crippen molar-refractivity contribution >= 4 is 5.91 Å². The average molecular weight is 220 g/mol. The van der Waals surface area contributed by atoms with Crippen molar-refractivity contribution in [1.29, 1.82) is 0 Å². The molecule has 2 N–H and O–H groups in total.